The van der Waals surface area contributed by atoms with E-state index in [2.05, 4.69) is 10.3 Å². The van der Waals surface area contributed by atoms with Gasteiger partial charge in [-0.3, -0.25) is 0 Å². The molecular formula is C13H15ClF3IN2O2. The van der Waals surface area contributed by atoms with Crippen molar-refractivity contribution < 1.29 is 22.7 Å². The fraction of sp³-hybridized carbons (Fsp3) is 0.538. The van der Waals surface area contributed by atoms with E-state index in [1.165, 1.54) is 0 Å². The summed E-state index contributed by atoms with van der Waals surface area (Å²) < 4.78 is 43.2. The third-order valence-electron chi connectivity index (χ3n) is 2.35. The number of aromatic nitrogens is 1. The molecular weight excluding hydrogens is 436 g/mol. The molecule has 1 amide bonds. The first-order chi connectivity index (χ1) is 9.90. The van der Waals surface area contributed by atoms with Gasteiger partial charge in [0.25, 0.3) is 0 Å². The maximum Gasteiger partial charge on any atom is 0.433 e. The summed E-state index contributed by atoms with van der Waals surface area (Å²) in [5, 5.41) is 2.30. The molecule has 1 aromatic heterocycles. The van der Waals surface area contributed by atoms with E-state index in [0.29, 0.717) is 9.13 Å². The minimum atomic E-state index is -4.54. The smallest absolute Gasteiger partial charge is 0.433 e. The van der Waals surface area contributed by atoms with E-state index in [0.717, 1.165) is 6.07 Å². The third-order valence-corrected chi connectivity index (χ3v) is 3.63. The number of alkyl halides is 3. The first kappa shape index (κ1) is 19.3. The summed E-state index contributed by atoms with van der Waals surface area (Å²) in [4.78, 5) is 14.8. The first-order valence-corrected chi connectivity index (χ1v) is 7.75. The normalized spacial score (nSPS) is 12.2. The molecule has 0 saturated heterocycles. The number of carbonyl (C=O) groups excluding carboxylic acids is 1. The summed E-state index contributed by atoms with van der Waals surface area (Å²) in [6.45, 7) is 5.36. The Bertz CT molecular complexity index is 536. The molecule has 0 aromatic carbocycles. The van der Waals surface area contributed by atoms with Gasteiger partial charge in [-0.05, 0) is 55.8 Å². The average molecular weight is 451 g/mol. The minimum absolute atomic E-state index is 0.178. The van der Waals surface area contributed by atoms with Gasteiger partial charge in [-0.1, -0.05) is 11.6 Å². The number of hydrogen-bond acceptors (Lipinski definition) is 3. The van der Waals surface area contributed by atoms with Crippen LogP contribution in [0, 0.1) is 3.57 Å². The van der Waals surface area contributed by atoms with Crippen LogP contribution in [0.1, 0.15) is 32.0 Å². The lowest BCUT2D eigenvalue weighted by Gasteiger charge is -2.19. The van der Waals surface area contributed by atoms with E-state index < -0.39 is 23.6 Å². The molecule has 22 heavy (non-hydrogen) atoms. The quantitative estimate of drug-likeness (QED) is 0.548. The Hall–Kier alpha value is -0.770. The van der Waals surface area contributed by atoms with Gasteiger partial charge < -0.3 is 10.1 Å². The highest BCUT2D eigenvalue weighted by Crippen LogP contribution is 2.32. The van der Waals surface area contributed by atoms with E-state index >= 15 is 0 Å². The molecule has 1 heterocycles. The van der Waals surface area contributed by atoms with E-state index in [9.17, 15) is 18.0 Å². The highest BCUT2D eigenvalue weighted by Gasteiger charge is 2.33. The van der Waals surface area contributed by atoms with Crippen molar-refractivity contribution in [1.29, 1.82) is 0 Å². The largest absolute Gasteiger partial charge is 0.444 e. The topological polar surface area (TPSA) is 51.2 Å². The number of carbonyl (C=O) groups is 1. The van der Waals surface area contributed by atoms with Gasteiger partial charge in [0, 0.05) is 15.7 Å². The van der Waals surface area contributed by atoms with Crippen LogP contribution in [0.25, 0.3) is 0 Å². The number of rotatable bonds is 3. The third kappa shape index (κ3) is 6.15. The van der Waals surface area contributed by atoms with Crippen molar-refractivity contribution >= 4 is 40.3 Å². The lowest BCUT2D eigenvalue weighted by molar-refractivity contribution is -0.141. The second-order valence-electron chi connectivity index (χ2n) is 5.44. The standard InChI is InChI=1S/C13H15ClF3IN2O2/c1-12(2,3)22-11(21)19-5-4-7-8(18)6-9(13(15,16)17)20-10(7)14/h6H,4-5H2,1-3H3,(H,19,21). The number of amides is 1. The van der Waals surface area contributed by atoms with Crippen LogP contribution in [-0.4, -0.2) is 23.2 Å². The van der Waals surface area contributed by atoms with Crippen molar-refractivity contribution in [1.82, 2.24) is 10.3 Å². The number of nitrogens with zero attached hydrogens (tertiary/aromatic N) is 1. The van der Waals surface area contributed by atoms with Gasteiger partial charge in [0.1, 0.15) is 16.4 Å². The fourth-order valence-corrected chi connectivity index (χ4v) is 2.75. The van der Waals surface area contributed by atoms with Gasteiger partial charge in [-0.2, -0.15) is 13.2 Å². The van der Waals surface area contributed by atoms with E-state index in [4.69, 9.17) is 16.3 Å². The van der Waals surface area contributed by atoms with Crippen molar-refractivity contribution in [3.8, 4) is 0 Å². The molecule has 1 aromatic rings. The molecule has 0 atom stereocenters. The van der Waals surface area contributed by atoms with Crippen molar-refractivity contribution in [2.24, 2.45) is 0 Å². The molecule has 0 bridgehead atoms. The zero-order chi connectivity index (χ0) is 17.1. The molecule has 0 fully saturated rings. The summed E-state index contributed by atoms with van der Waals surface area (Å²) in [6.07, 6.45) is -4.89. The monoisotopic (exact) mass is 450 g/mol. The molecule has 4 nitrogen and oxygen atoms in total. The number of hydrogen-bond donors (Lipinski definition) is 1. The molecule has 0 saturated carbocycles. The van der Waals surface area contributed by atoms with Crippen LogP contribution in [0.5, 0.6) is 0 Å². The van der Waals surface area contributed by atoms with Crippen LogP contribution >= 0.6 is 34.2 Å². The van der Waals surface area contributed by atoms with Crippen molar-refractivity contribution in [3.63, 3.8) is 0 Å². The van der Waals surface area contributed by atoms with Gasteiger partial charge >= 0.3 is 12.3 Å². The van der Waals surface area contributed by atoms with Crippen LogP contribution in [0.15, 0.2) is 6.07 Å². The summed E-state index contributed by atoms with van der Waals surface area (Å²) in [5.74, 6) is 0. The van der Waals surface area contributed by atoms with E-state index in [-0.39, 0.29) is 18.1 Å². The lowest BCUT2D eigenvalue weighted by Crippen LogP contribution is -2.33. The molecule has 0 aliphatic carbocycles. The van der Waals surface area contributed by atoms with Crippen molar-refractivity contribution in [3.05, 3.63) is 26.0 Å². The molecule has 9 heteroatoms. The van der Waals surface area contributed by atoms with Gasteiger partial charge in [-0.15, -0.1) is 0 Å². The van der Waals surface area contributed by atoms with Gasteiger partial charge in [0.2, 0.25) is 0 Å². The Morgan fingerprint density at radius 1 is 1.41 bits per heavy atom. The number of halogens is 5. The minimum Gasteiger partial charge on any atom is -0.444 e. The summed E-state index contributed by atoms with van der Waals surface area (Å²) in [7, 11) is 0. The van der Waals surface area contributed by atoms with Crippen molar-refractivity contribution in [2.75, 3.05) is 6.54 Å². The lowest BCUT2D eigenvalue weighted by atomic mass is 10.2. The first-order valence-electron chi connectivity index (χ1n) is 6.29. The predicted octanol–water partition coefficient (Wildman–Crippen LogP) is 4.43. The van der Waals surface area contributed by atoms with Crippen LogP contribution in [0.2, 0.25) is 5.15 Å². The molecule has 0 spiro atoms. The number of pyridine rings is 1. The molecule has 0 aliphatic rings. The fourth-order valence-electron chi connectivity index (χ4n) is 1.48. The maximum absolute atomic E-state index is 12.6. The van der Waals surface area contributed by atoms with Gasteiger partial charge in [-0.25, -0.2) is 9.78 Å². The zero-order valence-corrected chi connectivity index (χ0v) is 15.1. The highest BCUT2D eigenvalue weighted by molar-refractivity contribution is 14.1. The molecule has 0 radical (unpaired) electrons. The summed E-state index contributed by atoms with van der Waals surface area (Å²) in [6, 6.07) is 0.926. The molecule has 0 unspecified atom stereocenters. The van der Waals surface area contributed by atoms with Crippen LogP contribution in [0.4, 0.5) is 18.0 Å². The molecule has 1 rings (SSSR count). The van der Waals surface area contributed by atoms with Crippen LogP contribution in [0.3, 0.4) is 0 Å². The Morgan fingerprint density at radius 3 is 2.45 bits per heavy atom. The summed E-state index contributed by atoms with van der Waals surface area (Å²) >= 11 is 7.57. The van der Waals surface area contributed by atoms with Gasteiger partial charge in [0.05, 0.1) is 0 Å². The van der Waals surface area contributed by atoms with Gasteiger partial charge in [0.15, 0.2) is 0 Å². The Morgan fingerprint density at radius 2 is 2.00 bits per heavy atom. The SMILES string of the molecule is CC(C)(C)OC(=O)NCCc1c(I)cc(C(F)(F)F)nc1Cl. The Kier molecular flexibility index (Phi) is 6.31. The zero-order valence-electron chi connectivity index (χ0n) is 12.1. The summed E-state index contributed by atoms with van der Waals surface area (Å²) in [5.41, 5.74) is -1.21. The molecule has 1 N–H and O–H groups in total. The van der Waals surface area contributed by atoms with Crippen LogP contribution < -0.4 is 5.32 Å². The second-order valence-corrected chi connectivity index (χ2v) is 6.96. The van der Waals surface area contributed by atoms with E-state index in [1.807, 2.05) is 0 Å². The second kappa shape index (κ2) is 7.20. The Labute approximate surface area is 144 Å². The van der Waals surface area contributed by atoms with Crippen molar-refractivity contribution in [2.45, 2.75) is 39.0 Å². The molecule has 0 aliphatic heterocycles. The predicted molar refractivity (Wildman–Crippen MR) is 84.9 cm³/mol. The number of ether oxygens (including phenoxy) is 1. The number of nitrogens with one attached hydrogen (secondary N) is 1. The number of alkyl carbamates (subject to hydrolysis) is 1. The highest BCUT2D eigenvalue weighted by atomic mass is 127. The average Bonchev–Trinajstić information content (AvgIpc) is 2.28. The van der Waals surface area contributed by atoms with E-state index in [1.54, 1.807) is 43.4 Å². The van der Waals surface area contributed by atoms with Crippen LogP contribution in [-0.2, 0) is 17.3 Å². The Balaban J connectivity index is 2.70. The molecule has 124 valence electrons. The maximum atomic E-state index is 12.6.